The zero-order chi connectivity index (χ0) is 18.5. The van der Waals surface area contributed by atoms with Crippen molar-refractivity contribution in [2.75, 3.05) is 42.3 Å². The second-order valence-corrected chi connectivity index (χ2v) is 8.19. The molecule has 1 aliphatic rings. The number of benzene rings is 2. The lowest BCUT2D eigenvalue weighted by Gasteiger charge is -2.30. The Kier molecular flexibility index (Phi) is 6.62. The molecule has 1 N–H and O–H groups in total. The van der Waals surface area contributed by atoms with Crippen molar-refractivity contribution in [3.05, 3.63) is 52.0 Å². The highest BCUT2D eigenvalue weighted by Crippen LogP contribution is 2.30. The summed E-state index contributed by atoms with van der Waals surface area (Å²) in [7, 11) is 0. The van der Waals surface area contributed by atoms with Crippen LogP contribution in [0, 0.1) is 13.8 Å². The second-order valence-electron chi connectivity index (χ2n) is 6.32. The zero-order valence-corrected chi connectivity index (χ0v) is 17.5. The molecule has 6 heteroatoms. The van der Waals surface area contributed by atoms with E-state index in [4.69, 9.17) is 4.74 Å². The fraction of sp³-hybridized carbons (Fsp3) is 0.350. The van der Waals surface area contributed by atoms with Crippen LogP contribution in [-0.2, 0) is 9.53 Å². The molecule has 2 aromatic rings. The summed E-state index contributed by atoms with van der Waals surface area (Å²) in [5.41, 5.74) is 4.28. The fourth-order valence-electron chi connectivity index (χ4n) is 2.90. The van der Waals surface area contributed by atoms with E-state index in [1.165, 1.54) is 11.1 Å². The second kappa shape index (κ2) is 8.93. The first-order valence-corrected chi connectivity index (χ1v) is 10.4. The van der Waals surface area contributed by atoms with Crippen molar-refractivity contribution >= 4 is 45.0 Å². The van der Waals surface area contributed by atoms with Gasteiger partial charge in [0.2, 0.25) is 5.91 Å². The maximum atomic E-state index is 12.5. The first-order chi connectivity index (χ1) is 12.5. The Bertz CT molecular complexity index is 791. The maximum absolute atomic E-state index is 12.5. The number of ether oxygens (including phenoxy) is 1. The lowest BCUT2D eigenvalue weighted by atomic mass is 10.2. The first-order valence-electron chi connectivity index (χ1n) is 8.65. The number of thioether (sulfide) groups is 1. The van der Waals surface area contributed by atoms with Gasteiger partial charge in [-0.1, -0.05) is 28.1 Å². The maximum Gasteiger partial charge on any atom is 0.234 e. The van der Waals surface area contributed by atoms with Crippen LogP contribution in [0.4, 0.5) is 11.4 Å². The third kappa shape index (κ3) is 4.81. The van der Waals surface area contributed by atoms with Crippen molar-refractivity contribution in [1.82, 2.24) is 0 Å². The predicted octanol–water partition coefficient (Wildman–Crippen LogP) is 4.63. The molecular weight excluding hydrogens is 412 g/mol. The minimum Gasteiger partial charge on any atom is -0.378 e. The average Bonchev–Trinajstić information content (AvgIpc) is 2.65. The van der Waals surface area contributed by atoms with Crippen LogP contribution in [0.3, 0.4) is 0 Å². The van der Waals surface area contributed by atoms with Crippen LogP contribution in [0.5, 0.6) is 0 Å². The van der Waals surface area contributed by atoms with E-state index in [1.807, 2.05) is 18.2 Å². The van der Waals surface area contributed by atoms with Crippen molar-refractivity contribution in [3.8, 4) is 0 Å². The normalized spacial score (nSPS) is 14.3. The van der Waals surface area contributed by atoms with Crippen LogP contribution < -0.4 is 10.2 Å². The van der Waals surface area contributed by atoms with Crippen LogP contribution in [0.2, 0.25) is 0 Å². The molecule has 138 valence electrons. The molecule has 0 aromatic heterocycles. The van der Waals surface area contributed by atoms with E-state index in [1.54, 1.807) is 11.8 Å². The lowest BCUT2D eigenvalue weighted by molar-refractivity contribution is -0.113. The summed E-state index contributed by atoms with van der Waals surface area (Å²) in [5, 5.41) is 3.07. The van der Waals surface area contributed by atoms with Crippen molar-refractivity contribution in [3.63, 3.8) is 0 Å². The molecule has 1 saturated heterocycles. The van der Waals surface area contributed by atoms with Gasteiger partial charge in [-0.15, -0.1) is 11.8 Å². The van der Waals surface area contributed by atoms with Crippen LogP contribution >= 0.6 is 27.7 Å². The molecular formula is C20H23BrN2O2S. The summed E-state index contributed by atoms with van der Waals surface area (Å²) in [5.74, 6) is 0.398. The summed E-state index contributed by atoms with van der Waals surface area (Å²) >= 11 is 5.12. The van der Waals surface area contributed by atoms with Crippen molar-refractivity contribution < 1.29 is 9.53 Å². The molecule has 0 bridgehead atoms. The molecule has 0 atom stereocenters. The molecule has 0 saturated carbocycles. The number of carbonyl (C=O) groups excluding carboxylic acids is 1. The Balaban J connectivity index is 1.64. The van der Waals surface area contributed by atoms with Crippen LogP contribution in [0.15, 0.2) is 45.8 Å². The van der Waals surface area contributed by atoms with Gasteiger partial charge in [0, 0.05) is 22.5 Å². The number of hydrogen-bond acceptors (Lipinski definition) is 4. The fourth-order valence-corrected chi connectivity index (χ4v) is 4.26. The number of anilines is 2. The largest absolute Gasteiger partial charge is 0.378 e. The smallest absolute Gasteiger partial charge is 0.234 e. The predicted molar refractivity (Wildman–Crippen MR) is 112 cm³/mol. The van der Waals surface area contributed by atoms with E-state index < -0.39 is 0 Å². The van der Waals surface area contributed by atoms with Gasteiger partial charge in [-0.05, 0) is 49.2 Å². The monoisotopic (exact) mass is 434 g/mol. The van der Waals surface area contributed by atoms with Gasteiger partial charge in [-0.25, -0.2) is 0 Å². The van der Waals surface area contributed by atoms with Gasteiger partial charge in [-0.2, -0.15) is 0 Å². The van der Waals surface area contributed by atoms with E-state index in [2.05, 4.69) is 58.2 Å². The molecule has 1 fully saturated rings. The summed E-state index contributed by atoms with van der Waals surface area (Å²) < 4.78 is 6.52. The van der Waals surface area contributed by atoms with E-state index in [-0.39, 0.29) is 5.91 Å². The lowest BCUT2D eigenvalue weighted by Crippen LogP contribution is -2.36. The number of carbonyl (C=O) groups is 1. The summed E-state index contributed by atoms with van der Waals surface area (Å²) in [6, 6.07) is 12.2. The molecule has 1 aliphatic heterocycles. The molecule has 1 heterocycles. The minimum atomic E-state index is 0.00989. The van der Waals surface area contributed by atoms with E-state index >= 15 is 0 Å². The van der Waals surface area contributed by atoms with Crippen molar-refractivity contribution in [2.24, 2.45) is 0 Å². The first kappa shape index (κ1) is 19.3. The van der Waals surface area contributed by atoms with Crippen LogP contribution in [-0.4, -0.2) is 38.0 Å². The summed E-state index contributed by atoms with van der Waals surface area (Å²) in [6.45, 7) is 7.27. The third-order valence-electron chi connectivity index (χ3n) is 4.34. The number of halogens is 1. The Labute approximate surface area is 167 Å². The molecule has 2 aromatic carbocycles. The number of nitrogens with zero attached hydrogens (tertiary/aromatic N) is 1. The third-order valence-corrected chi connectivity index (χ3v) is 6.36. The van der Waals surface area contributed by atoms with E-state index in [0.717, 1.165) is 47.0 Å². The highest BCUT2D eigenvalue weighted by Gasteiger charge is 2.16. The molecule has 26 heavy (non-hydrogen) atoms. The highest BCUT2D eigenvalue weighted by molar-refractivity contribution is 9.10. The minimum absolute atomic E-state index is 0.00989. The summed E-state index contributed by atoms with van der Waals surface area (Å²) in [4.78, 5) is 15.9. The Hall–Kier alpha value is -1.50. The van der Waals surface area contributed by atoms with Gasteiger partial charge in [-0.3, -0.25) is 4.79 Å². The van der Waals surface area contributed by atoms with Gasteiger partial charge < -0.3 is 15.0 Å². The van der Waals surface area contributed by atoms with Crippen LogP contribution in [0.25, 0.3) is 0 Å². The van der Waals surface area contributed by atoms with Gasteiger partial charge in [0.1, 0.15) is 0 Å². The molecule has 0 radical (unpaired) electrons. The molecule has 4 nitrogen and oxygen atoms in total. The van der Waals surface area contributed by atoms with Gasteiger partial charge >= 0.3 is 0 Å². The number of rotatable bonds is 5. The number of aryl methyl sites for hydroxylation is 2. The summed E-state index contributed by atoms with van der Waals surface area (Å²) in [6.07, 6.45) is 0. The highest BCUT2D eigenvalue weighted by atomic mass is 79.9. The SMILES string of the molecule is Cc1cc(SCC(=O)Nc2ccccc2N2CCOCC2)c(C)cc1Br. The topological polar surface area (TPSA) is 41.6 Å². The number of hydrogen-bond donors (Lipinski definition) is 1. The Morgan fingerprint density at radius 3 is 2.69 bits per heavy atom. The number of morpholine rings is 1. The van der Waals surface area contributed by atoms with E-state index in [0.29, 0.717) is 5.75 Å². The van der Waals surface area contributed by atoms with E-state index in [9.17, 15) is 4.79 Å². The zero-order valence-electron chi connectivity index (χ0n) is 15.0. The molecule has 0 aliphatic carbocycles. The molecule has 0 unspecified atom stereocenters. The average molecular weight is 435 g/mol. The number of para-hydroxylation sites is 2. The molecule has 3 rings (SSSR count). The van der Waals surface area contributed by atoms with Crippen molar-refractivity contribution in [1.29, 1.82) is 0 Å². The van der Waals surface area contributed by atoms with Crippen LogP contribution in [0.1, 0.15) is 11.1 Å². The quantitative estimate of drug-likeness (QED) is 0.696. The number of nitrogens with one attached hydrogen (secondary N) is 1. The molecule has 1 amide bonds. The Morgan fingerprint density at radius 1 is 1.19 bits per heavy atom. The van der Waals surface area contributed by atoms with Gasteiger partial charge in [0.05, 0.1) is 30.3 Å². The van der Waals surface area contributed by atoms with Gasteiger partial charge in [0.15, 0.2) is 0 Å². The number of amides is 1. The molecule has 0 spiro atoms. The Morgan fingerprint density at radius 2 is 1.92 bits per heavy atom. The van der Waals surface area contributed by atoms with Crippen molar-refractivity contribution in [2.45, 2.75) is 18.7 Å². The standard InChI is InChI=1S/C20H23BrN2O2S/c1-14-12-19(15(2)11-16(14)21)26-13-20(24)22-17-5-3-4-6-18(17)23-7-9-25-10-8-23/h3-6,11-12H,7-10,13H2,1-2H3,(H,22,24). The van der Waals surface area contributed by atoms with Gasteiger partial charge in [0.25, 0.3) is 0 Å².